The molecule has 82 valence electrons. The predicted octanol–water partition coefficient (Wildman–Crippen LogP) is 1.92. The van der Waals surface area contributed by atoms with Crippen molar-refractivity contribution in [1.29, 1.82) is 0 Å². The van der Waals surface area contributed by atoms with Crippen LogP contribution in [0.4, 0.5) is 5.69 Å². The van der Waals surface area contributed by atoms with E-state index in [0.717, 1.165) is 12.1 Å². The minimum absolute atomic E-state index is 0.0921. The molecule has 1 atom stereocenters. The number of amides is 1. The van der Waals surface area contributed by atoms with E-state index in [1.165, 1.54) is 5.56 Å². The Bertz CT molecular complexity index is 336. The Hall–Kier alpha value is -1.51. The molecule has 0 heterocycles. The Labute approximate surface area is 90.7 Å². The van der Waals surface area contributed by atoms with Gasteiger partial charge in [0.05, 0.1) is 5.92 Å². The molecule has 15 heavy (non-hydrogen) atoms. The van der Waals surface area contributed by atoms with Gasteiger partial charge in [0.1, 0.15) is 0 Å². The largest absolute Gasteiger partial charge is 0.384 e. The second-order valence-electron chi connectivity index (χ2n) is 3.76. The number of hydrogen-bond acceptors (Lipinski definition) is 2. The van der Waals surface area contributed by atoms with Gasteiger partial charge in [0.2, 0.25) is 5.91 Å². The summed E-state index contributed by atoms with van der Waals surface area (Å²) in [7, 11) is 0. The van der Waals surface area contributed by atoms with E-state index >= 15 is 0 Å². The summed E-state index contributed by atoms with van der Waals surface area (Å²) >= 11 is 0. The van der Waals surface area contributed by atoms with Gasteiger partial charge in [-0.2, -0.15) is 0 Å². The van der Waals surface area contributed by atoms with Gasteiger partial charge in [-0.25, -0.2) is 0 Å². The number of anilines is 1. The first-order valence-corrected chi connectivity index (χ1v) is 5.23. The van der Waals surface area contributed by atoms with Crippen molar-refractivity contribution < 1.29 is 4.79 Å². The van der Waals surface area contributed by atoms with Crippen LogP contribution in [0.2, 0.25) is 0 Å². The summed E-state index contributed by atoms with van der Waals surface area (Å²) in [5.41, 5.74) is 7.50. The molecule has 1 aromatic rings. The fourth-order valence-corrected chi connectivity index (χ4v) is 1.44. The Kier molecular flexibility index (Phi) is 4.16. The smallest absolute Gasteiger partial charge is 0.222 e. The van der Waals surface area contributed by atoms with Gasteiger partial charge in [-0.1, -0.05) is 19.1 Å². The van der Waals surface area contributed by atoms with Gasteiger partial charge in [0.25, 0.3) is 0 Å². The summed E-state index contributed by atoms with van der Waals surface area (Å²) in [5, 5.41) is 3.22. The standard InChI is InChI=1S/C12H18N2O/c1-3-10(12(13)15)8-14-11-6-4-5-9(2)7-11/h4-7,10,14H,3,8H2,1-2H3,(H2,13,15). The quantitative estimate of drug-likeness (QED) is 0.773. The number of carbonyl (C=O) groups is 1. The average Bonchev–Trinajstić information content (AvgIpc) is 2.18. The van der Waals surface area contributed by atoms with Crippen LogP contribution in [0.15, 0.2) is 24.3 Å². The molecule has 1 amide bonds. The van der Waals surface area contributed by atoms with Crippen molar-refractivity contribution >= 4 is 11.6 Å². The van der Waals surface area contributed by atoms with E-state index in [4.69, 9.17) is 5.73 Å². The zero-order chi connectivity index (χ0) is 11.3. The summed E-state index contributed by atoms with van der Waals surface area (Å²) in [4.78, 5) is 11.0. The molecule has 1 unspecified atom stereocenters. The minimum Gasteiger partial charge on any atom is -0.384 e. The van der Waals surface area contributed by atoms with Gasteiger partial charge >= 0.3 is 0 Å². The fourth-order valence-electron chi connectivity index (χ4n) is 1.44. The zero-order valence-corrected chi connectivity index (χ0v) is 9.29. The van der Waals surface area contributed by atoms with Crippen LogP contribution in [0.3, 0.4) is 0 Å². The predicted molar refractivity (Wildman–Crippen MR) is 62.6 cm³/mol. The maximum Gasteiger partial charge on any atom is 0.222 e. The summed E-state index contributed by atoms with van der Waals surface area (Å²) in [6.45, 7) is 4.61. The van der Waals surface area contributed by atoms with Crippen molar-refractivity contribution in [3.05, 3.63) is 29.8 Å². The highest BCUT2D eigenvalue weighted by atomic mass is 16.1. The summed E-state index contributed by atoms with van der Waals surface area (Å²) in [5.74, 6) is -0.330. The molecule has 1 rings (SSSR count). The SMILES string of the molecule is CCC(CNc1cccc(C)c1)C(N)=O. The van der Waals surface area contributed by atoms with Crippen molar-refractivity contribution in [2.24, 2.45) is 11.7 Å². The average molecular weight is 206 g/mol. The molecule has 0 aliphatic carbocycles. The number of rotatable bonds is 5. The van der Waals surface area contributed by atoms with Crippen LogP contribution in [0.1, 0.15) is 18.9 Å². The number of nitrogens with two attached hydrogens (primary N) is 1. The molecule has 0 spiro atoms. The molecular weight excluding hydrogens is 188 g/mol. The van der Waals surface area contributed by atoms with Crippen molar-refractivity contribution in [1.82, 2.24) is 0 Å². The van der Waals surface area contributed by atoms with Crippen molar-refractivity contribution in [2.75, 3.05) is 11.9 Å². The highest BCUT2D eigenvalue weighted by Crippen LogP contribution is 2.11. The summed E-state index contributed by atoms with van der Waals surface area (Å²) in [6.07, 6.45) is 0.772. The topological polar surface area (TPSA) is 55.1 Å². The molecule has 0 fully saturated rings. The van der Waals surface area contributed by atoms with E-state index in [1.54, 1.807) is 0 Å². The van der Waals surface area contributed by atoms with Gasteiger partial charge in [-0.3, -0.25) is 4.79 Å². The highest BCUT2D eigenvalue weighted by Gasteiger charge is 2.11. The van der Waals surface area contributed by atoms with Gasteiger partial charge < -0.3 is 11.1 Å². The highest BCUT2D eigenvalue weighted by molar-refractivity contribution is 5.77. The third-order valence-electron chi connectivity index (χ3n) is 2.47. The molecular formula is C12H18N2O. The first-order chi connectivity index (χ1) is 7.13. The van der Waals surface area contributed by atoms with Gasteiger partial charge in [-0.15, -0.1) is 0 Å². The fraction of sp³-hybridized carbons (Fsp3) is 0.417. The van der Waals surface area contributed by atoms with Crippen LogP contribution in [-0.2, 0) is 4.79 Å². The normalized spacial score (nSPS) is 12.1. The number of aryl methyl sites for hydroxylation is 1. The molecule has 1 aromatic carbocycles. The molecule has 0 radical (unpaired) electrons. The summed E-state index contributed by atoms with van der Waals surface area (Å²) < 4.78 is 0. The van der Waals surface area contributed by atoms with E-state index in [1.807, 2.05) is 38.1 Å². The van der Waals surface area contributed by atoms with Crippen molar-refractivity contribution in [2.45, 2.75) is 20.3 Å². The maximum atomic E-state index is 11.0. The molecule has 0 saturated heterocycles. The lowest BCUT2D eigenvalue weighted by molar-refractivity contribution is -0.121. The Balaban J connectivity index is 2.52. The molecule has 3 nitrogen and oxygen atoms in total. The van der Waals surface area contributed by atoms with Crippen molar-refractivity contribution in [3.8, 4) is 0 Å². The van der Waals surface area contributed by atoms with E-state index < -0.39 is 0 Å². The van der Waals surface area contributed by atoms with Crippen molar-refractivity contribution in [3.63, 3.8) is 0 Å². The molecule has 0 aliphatic rings. The van der Waals surface area contributed by atoms with Crippen LogP contribution in [0.25, 0.3) is 0 Å². The molecule has 0 saturated carbocycles. The molecule has 3 heteroatoms. The molecule has 0 aliphatic heterocycles. The first kappa shape index (κ1) is 11.6. The number of primary amides is 1. The van der Waals surface area contributed by atoms with E-state index in [0.29, 0.717) is 6.54 Å². The first-order valence-electron chi connectivity index (χ1n) is 5.23. The van der Waals surface area contributed by atoms with Crippen LogP contribution < -0.4 is 11.1 Å². The van der Waals surface area contributed by atoms with Crippen LogP contribution in [-0.4, -0.2) is 12.5 Å². The minimum atomic E-state index is -0.238. The Morgan fingerprint density at radius 3 is 2.80 bits per heavy atom. The lowest BCUT2D eigenvalue weighted by Crippen LogP contribution is -2.28. The lowest BCUT2D eigenvalue weighted by atomic mass is 10.1. The molecule has 0 bridgehead atoms. The van der Waals surface area contributed by atoms with Crippen LogP contribution in [0.5, 0.6) is 0 Å². The maximum absolute atomic E-state index is 11.0. The monoisotopic (exact) mass is 206 g/mol. The number of nitrogens with one attached hydrogen (secondary N) is 1. The zero-order valence-electron chi connectivity index (χ0n) is 9.29. The van der Waals surface area contributed by atoms with Gasteiger partial charge in [0, 0.05) is 12.2 Å². The van der Waals surface area contributed by atoms with Gasteiger partial charge in [-0.05, 0) is 31.0 Å². The number of hydrogen-bond donors (Lipinski definition) is 2. The second-order valence-corrected chi connectivity index (χ2v) is 3.76. The van der Waals surface area contributed by atoms with E-state index in [9.17, 15) is 4.79 Å². The van der Waals surface area contributed by atoms with Crippen LogP contribution >= 0.6 is 0 Å². The van der Waals surface area contributed by atoms with E-state index in [-0.39, 0.29) is 11.8 Å². The Morgan fingerprint density at radius 1 is 1.53 bits per heavy atom. The van der Waals surface area contributed by atoms with Gasteiger partial charge in [0.15, 0.2) is 0 Å². The number of carbonyl (C=O) groups excluding carboxylic acids is 1. The second kappa shape index (κ2) is 5.39. The number of benzene rings is 1. The third kappa shape index (κ3) is 3.62. The van der Waals surface area contributed by atoms with E-state index in [2.05, 4.69) is 5.32 Å². The molecule has 3 N–H and O–H groups in total. The Morgan fingerprint density at radius 2 is 2.27 bits per heavy atom. The van der Waals surface area contributed by atoms with Crippen LogP contribution in [0, 0.1) is 12.8 Å². The lowest BCUT2D eigenvalue weighted by Gasteiger charge is -2.13. The molecule has 0 aromatic heterocycles. The summed E-state index contributed by atoms with van der Waals surface area (Å²) in [6, 6.07) is 8.06. The third-order valence-corrected chi connectivity index (χ3v) is 2.47.